The largest absolute Gasteiger partial charge is 0.355 e. The summed E-state index contributed by atoms with van der Waals surface area (Å²) < 4.78 is 15.0. The molecular formula is C22H21FN6. The van der Waals surface area contributed by atoms with Crippen LogP contribution in [-0.2, 0) is 0 Å². The van der Waals surface area contributed by atoms with Gasteiger partial charge in [-0.15, -0.1) is 0 Å². The number of nitrogens with zero attached hydrogens (tertiary/aromatic N) is 5. The Hall–Kier alpha value is -3.48. The number of aromatic amines is 1. The molecule has 1 fully saturated rings. The maximum Gasteiger partial charge on any atom is 0.148 e. The first-order valence-corrected chi connectivity index (χ1v) is 9.56. The lowest BCUT2D eigenvalue weighted by Gasteiger charge is -2.25. The number of nitrogens with one attached hydrogen (secondary N) is 1. The fourth-order valence-corrected chi connectivity index (χ4v) is 3.95. The summed E-state index contributed by atoms with van der Waals surface area (Å²) in [5, 5.41) is 8.13. The molecule has 1 aliphatic rings. The topological polar surface area (TPSA) is 62.6 Å². The molecule has 5 rings (SSSR count). The zero-order valence-electron chi connectivity index (χ0n) is 16.4. The van der Waals surface area contributed by atoms with E-state index < -0.39 is 0 Å². The van der Waals surface area contributed by atoms with Crippen LogP contribution in [0.4, 0.5) is 10.1 Å². The number of H-pyrrole nitrogens is 1. The summed E-state index contributed by atoms with van der Waals surface area (Å²) in [4.78, 5) is 11.7. The van der Waals surface area contributed by atoms with E-state index in [0.717, 1.165) is 28.9 Å². The Kier molecular flexibility index (Phi) is 3.97. The number of rotatable bonds is 3. The van der Waals surface area contributed by atoms with Gasteiger partial charge in [-0.1, -0.05) is 12.2 Å². The Labute approximate surface area is 167 Å². The predicted molar refractivity (Wildman–Crippen MR) is 111 cm³/mol. The Morgan fingerprint density at radius 2 is 1.86 bits per heavy atom. The number of anilines is 1. The molecule has 0 radical (unpaired) electrons. The predicted octanol–water partition coefficient (Wildman–Crippen LogP) is 4.41. The van der Waals surface area contributed by atoms with Crippen LogP contribution in [0, 0.1) is 19.7 Å². The molecule has 4 aromatic rings. The van der Waals surface area contributed by atoms with Crippen molar-refractivity contribution in [2.24, 2.45) is 0 Å². The zero-order valence-corrected chi connectivity index (χ0v) is 16.4. The highest BCUT2D eigenvalue weighted by molar-refractivity contribution is 5.77. The summed E-state index contributed by atoms with van der Waals surface area (Å²) in [5.41, 5.74) is 6.52. The van der Waals surface area contributed by atoms with Crippen LogP contribution >= 0.6 is 0 Å². The van der Waals surface area contributed by atoms with Crippen molar-refractivity contribution < 1.29 is 4.39 Å². The van der Waals surface area contributed by atoms with Crippen molar-refractivity contribution in [2.45, 2.75) is 26.3 Å². The Morgan fingerprint density at radius 3 is 2.62 bits per heavy atom. The van der Waals surface area contributed by atoms with Gasteiger partial charge in [0.15, 0.2) is 0 Å². The number of aromatic nitrogens is 5. The highest BCUT2D eigenvalue weighted by atomic mass is 19.1. The van der Waals surface area contributed by atoms with Gasteiger partial charge in [-0.2, -0.15) is 15.0 Å². The molecule has 146 valence electrons. The third-order valence-electron chi connectivity index (χ3n) is 5.57. The zero-order chi connectivity index (χ0) is 20.1. The molecule has 3 heterocycles. The summed E-state index contributed by atoms with van der Waals surface area (Å²) >= 11 is 0. The fraction of sp³-hybridized carbons (Fsp3) is 0.227. The second-order valence-corrected chi connectivity index (χ2v) is 7.63. The maximum absolute atomic E-state index is 15.0. The van der Waals surface area contributed by atoms with Crippen LogP contribution in [0.2, 0.25) is 0 Å². The minimum Gasteiger partial charge on any atom is -0.355 e. The van der Waals surface area contributed by atoms with E-state index in [1.165, 1.54) is 22.0 Å². The van der Waals surface area contributed by atoms with E-state index in [2.05, 4.69) is 47.7 Å². The fourth-order valence-electron chi connectivity index (χ4n) is 3.95. The molecule has 1 atom stereocenters. The maximum atomic E-state index is 15.0. The number of benzene rings is 2. The van der Waals surface area contributed by atoms with Gasteiger partial charge in [0.2, 0.25) is 0 Å². The first-order chi connectivity index (χ1) is 14.0. The molecule has 1 saturated heterocycles. The van der Waals surface area contributed by atoms with Crippen LogP contribution in [-0.4, -0.2) is 31.5 Å². The number of fused-ring (bicyclic) bond motifs is 1. The second kappa shape index (κ2) is 6.55. The Morgan fingerprint density at radius 1 is 1.10 bits per heavy atom. The summed E-state index contributed by atoms with van der Waals surface area (Å²) in [7, 11) is 0. The average Bonchev–Trinajstić information content (AvgIpc) is 3.41. The minimum atomic E-state index is -0.317. The van der Waals surface area contributed by atoms with Crippen molar-refractivity contribution >= 4 is 16.7 Å². The molecule has 0 bridgehead atoms. The molecule has 0 unspecified atom stereocenters. The van der Waals surface area contributed by atoms with Gasteiger partial charge in [0.05, 0.1) is 40.8 Å². The summed E-state index contributed by atoms with van der Waals surface area (Å²) in [5.74, 6) is 0.517. The molecule has 1 N–H and O–H groups in total. The lowest BCUT2D eigenvalue weighted by molar-refractivity contribution is 0.602. The third-order valence-corrected chi connectivity index (χ3v) is 5.57. The molecule has 0 spiro atoms. The van der Waals surface area contributed by atoms with Gasteiger partial charge in [-0.3, -0.25) is 0 Å². The molecule has 29 heavy (non-hydrogen) atoms. The van der Waals surface area contributed by atoms with Crippen LogP contribution in [0.3, 0.4) is 0 Å². The SMILES string of the molecule is C=C1C[C@@H](c2nc3cc(C)c(C)cc3[nH]2)N(c2ccc(-n3nccn3)cc2F)C1. The number of hydrogen-bond acceptors (Lipinski definition) is 4. The first kappa shape index (κ1) is 17.6. The number of imidazole rings is 1. The lowest BCUT2D eigenvalue weighted by atomic mass is 10.1. The van der Waals surface area contributed by atoms with Gasteiger partial charge >= 0.3 is 0 Å². The second-order valence-electron chi connectivity index (χ2n) is 7.63. The van der Waals surface area contributed by atoms with Gasteiger partial charge in [-0.25, -0.2) is 9.37 Å². The van der Waals surface area contributed by atoms with Crippen molar-refractivity contribution in [1.82, 2.24) is 25.0 Å². The van der Waals surface area contributed by atoms with Crippen LogP contribution in [0.25, 0.3) is 16.7 Å². The van der Waals surface area contributed by atoms with Gasteiger partial charge < -0.3 is 9.88 Å². The molecule has 6 nitrogen and oxygen atoms in total. The molecule has 1 aliphatic heterocycles. The van der Waals surface area contributed by atoms with E-state index in [9.17, 15) is 0 Å². The lowest BCUT2D eigenvalue weighted by Crippen LogP contribution is -2.24. The highest BCUT2D eigenvalue weighted by Crippen LogP contribution is 2.39. The van der Waals surface area contributed by atoms with Gasteiger partial charge in [-0.05, 0) is 55.7 Å². The molecule has 0 aliphatic carbocycles. The highest BCUT2D eigenvalue weighted by Gasteiger charge is 2.32. The van der Waals surface area contributed by atoms with E-state index in [4.69, 9.17) is 4.98 Å². The summed E-state index contributed by atoms with van der Waals surface area (Å²) in [6, 6.07) is 9.17. The monoisotopic (exact) mass is 388 g/mol. The summed E-state index contributed by atoms with van der Waals surface area (Å²) in [6.45, 7) is 8.91. The normalized spacial score (nSPS) is 16.9. The third kappa shape index (κ3) is 2.99. The van der Waals surface area contributed by atoms with Crippen molar-refractivity contribution in [3.05, 3.63) is 77.6 Å². The standard InChI is InChI=1S/C22H21FN6/c1-13-8-21(22-26-18-9-14(2)15(3)10-19(18)27-22)28(12-13)20-5-4-16(11-17(20)23)29-24-6-7-25-29/h4-7,9-11,21H,1,8,12H2,2-3H3,(H,26,27)/t21-/m0/s1. The van der Waals surface area contributed by atoms with Gasteiger partial charge in [0, 0.05) is 12.6 Å². The quantitative estimate of drug-likeness (QED) is 0.528. The van der Waals surface area contributed by atoms with Crippen LogP contribution < -0.4 is 4.90 Å². The van der Waals surface area contributed by atoms with Crippen LogP contribution in [0.1, 0.15) is 29.4 Å². The number of aryl methyl sites for hydroxylation is 2. The van der Waals surface area contributed by atoms with Crippen LogP contribution in [0.5, 0.6) is 0 Å². The van der Waals surface area contributed by atoms with E-state index in [1.807, 2.05) is 11.0 Å². The van der Waals surface area contributed by atoms with E-state index >= 15 is 4.39 Å². The van der Waals surface area contributed by atoms with Crippen molar-refractivity contribution in [2.75, 3.05) is 11.4 Å². The first-order valence-electron chi connectivity index (χ1n) is 9.56. The van der Waals surface area contributed by atoms with E-state index in [1.54, 1.807) is 18.5 Å². The van der Waals surface area contributed by atoms with Crippen molar-refractivity contribution in [3.63, 3.8) is 0 Å². The molecule has 2 aromatic heterocycles. The van der Waals surface area contributed by atoms with Gasteiger partial charge in [0.1, 0.15) is 11.6 Å². The molecule has 0 amide bonds. The molecule has 7 heteroatoms. The molecule has 2 aromatic carbocycles. The van der Waals surface area contributed by atoms with E-state index in [0.29, 0.717) is 17.9 Å². The Bertz CT molecular complexity index is 1180. The molecular weight excluding hydrogens is 367 g/mol. The van der Waals surface area contributed by atoms with Crippen LogP contribution in [0.15, 0.2) is 54.9 Å². The smallest absolute Gasteiger partial charge is 0.148 e. The van der Waals surface area contributed by atoms with Crippen molar-refractivity contribution in [1.29, 1.82) is 0 Å². The van der Waals surface area contributed by atoms with Gasteiger partial charge in [0.25, 0.3) is 0 Å². The van der Waals surface area contributed by atoms with E-state index in [-0.39, 0.29) is 11.9 Å². The number of halogens is 1. The summed E-state index contributed by atoms with van der Waals surface area (Å²) in [6.07, 6.45) is 3.87. The number of hydrogen-bond donors (Lipinski definition) is 1. The minimum absolute atomic E-state index is 0.0845. The average molecular weight is 388 g/mol. The molecule has 0 saturated carbocycles. The van der Waals surface area contributed by atoms with Crippen molar-refractivity contribution in [3.8, 4) is 5.69 Å². The Balaban J connectivity index is 1.53.